The zero-order valence-corrected chi connectivity index (χ0v) is 13.0. The van der Waals surface area contributed by atoms with Crippen molar-refractivity contribution < 1.29 is 0 Å². The largest absolute Gasteiger partial charge is 0.353 e. The minimum absolute atomic E-state index is 0.397. The van der Waals surface area contributed by atoms with Crippen LogP contribution in [0, 0.1) is 3.57 Å². The van der Waals surface area contributed by atoms with Crippen molar-refractivity contribution in [2.75, 3.05) is 11.4 Å². The van der Waals surface area contributed by atoms with Gasteiger partial charge in [-0.25, -0.2) is 9.97 Å². The quantitative estimate of drug-likeness (QED) is 0.839. The lowest BCUT2D eigenvalue weighted by atomic mass is 9.90. The van der Waals surface area contributed by atoms with Crippen molar-refractivity contribution in [2.45, 2.75) is 51.1 Å². The van der Waals surface area contributed by atoms with E-state index < -0.39 is 0 Å². The van der Waals surface area contributed by atoms with Crippen LogP contribution in [0.1, 0.15) is 39.0 Å². The van der Waals surface area contributed by atoms with E-state index in [4.69, 9.17) is 5.73 Å². The highest BCUT2D eigenvalue weighted by molar-refractivity contribution is 14.1. The van der Waals surface area contributed by atoms with Gasteiger partial charge in [0.05, 0.1) is 3.57 Å². The molecule has 1 fully saturated rings. The molecule has 100 valence electrons. The lowest BCUT2D eigenvalue weighted by Crippen LogP contribution is -2.42. The summed E-state index contributed by atoms with van der Waals surface area (Å²) in [7, 11) is 0. The van der Waals surface area contributed by atoms with E-state index in [1.54, 1.807) is 6.33 Å². The Labute approximate surface area is 123 Å². The molecular formula is C13H21IN4. The molecule has 0 amide bonds. The van der Waals surface area contributed by atoms with E-state index >= 15 is 0 Å². The first-order valence-corrected chi connectivity index (χ1v) is 7.78. The molecule has 4 nitrogen and oxygen atoms in total. The Morgan fingerprint density at radius 2 is 2.11 bits per heavy atom. The van der Waals surface area contributed by atoms with Gasteiger partial charge in [0.25, 0.3) is 0 Å². The summed E-state index contributed by atoms with van der Waals surface area (Å²) in [5.41, 5.74) is 5.99. The van der Waals surface area contributed by atoms with E-state index in [0.717, 1.165) is 35.2 Å². The zero-order valence-electron chi connectivity index (χ0n) is 10.8. The van der Waals surface area contributed by atoms with Crippen molar-refractivity contribution in [3.8, 4) is 0 Å². The van der Waals surface area contributed by atoms with Crippen LogP contribution in [-0.2, 0) is 0 Å². The third kappa shape index (κ3) is 3.32. The van der Waals surface area contributed by atoms with E-state index in [1.807, 2.05) is 6.20 Å². The third-order valence-corrected chi connectivity index (χ3v) is 4.33. The molecule has 5 heteroatoms. The number of rotatable bonds is 4. The molecule has 18 heavy (non-hydrogen) atoms. The highest BCUT2D eigenvalue weighted by atomic mass is 127. The van der Waals surface area contributed by atoms with Crippen LogP contribution >= 0.6 is 22.6 Å². The molecule has 1 aromatic heterocycles. The summed E-state index contributed by atoms with van der Waals surface area (Å²) in [4.78, 5) is 11.0. The fourth-order valence-corrected chi connectivity index (χ4v) is 3.24. The van der Waals surface area contributed by atoms with E-state index in [2.05, 4.69) is 44.4 Å². The van der Waals surface area contributed by atoms with Gasteiger partial charge in [-0.05, 0) is 54.7 Å². The number of hydrogen-bond acceptors (Lipinski definition) is 4. The highest BCUT2D eigenvalue weighted by Gasteiger charge is 2.25. The standard InChI is InChI=1S/C13H21IN4/c1-2-7-18(11-5-3-10(15)4-6-11)13-12(14)8-16-9-17-13/h8-11H,2-7,15H2,1H3. The second-order valence-corrected chi connectivity index (χ2v) is 6.12. The number of anilines is 1. The predicted octanol–water partition coefficient (Wildman–Crippen LogP) is 2.57. The molecule has 0 unspecified atom stereocenters. The zero-order chi connectivity index (χ0) is 13.0. The Balaban J connectivity index is 2.15. The molecule has 0 radical (unpaired) electrons. The molecule has 1 aromatic rings. The van der Waals surface area contributed by atoms with Crippen LogP contribution in [0.25, 0.3) is 0 Å². The fourth-order valence-electron chi connectivity index (χ4n) is 2.63. The average Bonchev–Trinajstić information content (AvgIpc) is 2.38. The molecule has 1 aliphatic carbocycles. The molecule has 0 bridgehead atoms. The van der Waals surface area contributed by atoms with Gasteiger partial charge in [-0.15, -0.1) is 0 Å². The number of hydrogen-bond donors (Lipinski definition) is 1. The maximum Gasteiger partial charge on any atom is 0.145 e. The topological polar surface area (TPSA) is 55.0 Å². The SMILES string of the molecule is CCCN(c1ncncc1I)C1CCC(N)CC1. The normalized spacial score (nSPS) is 23.9. The van der Waals surface area contributed by atoms with E-state index in [1.165, 1.54) is 12.8 Å². The molecule has 0 atom stereocenters. The summed E-state index contributed by atoms with van der Waals surface area (Å²) in [5, 5.41) is 0. The maximum absolute atomic E-state index is 5.99. The molecule has 2 N–H and O–H groups in total. The lowest BCUT2D eigenvalue weighted by molar-refractivity contribution is 0.373. The Hall–Kier alpha value is -0.430. The van der Waals surface area contributed by atoms with Crippen LogP contribution in [0.4, 0.5) is 5.82 Å². The Morgan fingerprint density at radius 1 is 1.39 bits per heavy atom. The van der Waals surface area contributed by atoms with Crippen molar-refractivity contribution in [1.82, 2.24) is 9.97 Å². The average molecular weight is 360 g/mol. The highest BCUT2D eigenvalue weighted by Crippen LogP contribution is 2.28. The van der Waals surface area contributed by atoms with Gasteiger partial charge in [0, 0.05) is 24.8 Å². The first kappa shape index (κ1) is 14.0. The molecule has 0 aliphatic heterocycles. The summed E-state index contributed by atoms with van der Waals surface area (Å²) in [6.45, 7) is 3.28. The van der Waals surface area contributed by atoms with Crippen LogP contribution in [0.2, 0.25) is 0 Å². The summed E-state index contributed by atoms with van der Waals surface area (Å²) < 4.78 is 1.14. The van der Waals surface area contributed by atoms with Crippen LogP contribution < -0.4 is 10.6 Å². The first-order valence-electron chi connectivity index (χ1n) is 6.70. The summed E-state index contributed by atoms with van der Waals surface area (Å²) in [6.07, 6.45) is 9.30. The Morgan fingerprint density at radius 3 is 2.72 bits per heavy atom. The van der Waals surface area contributed by atoms with Gasteiger partial charge < -0.3 is 10.6 Å². The van der Waals surface area contributed by atoms with Gasteiger partial charge in [-0.1, -0.05) is 6.92 Å². The van der Waals surface area contributed by atoms with Crippen LogP contribution in [0.5, 0.6) is 0 Å². The van der Waals surface area contributed by atoms with Crippen LogP contribution in [-0.4, -0.2) is 28.6 Å². The smallest absolute Gasteiger partial charge is 0.145 e. The summed E-state index contributed by atoms with van der Waals surface area (Å²) in [5.74, 6) is 1.09. The molecule has 0 spiro atoms. The summed E-state index contributed by atoms with van der Waals surface area (Å²) >= 11 is 2.32. The predicted molar refractivity (Wildman–Crippen MR) is 82.6 cm³/mol. The Bertz CT molecular complexity index is 377. The van der Waals surface area contributed by atoms with Crippen molar-refractivity contribution in [3.05, 3.63) is 16.1 Å². The van der Waals surface area contributed by atoms with Gasteiger partial charge in [0.2, 0.25) is 0 Å². The summed E-state index contributed by atoms with van der Waals surface area (Å²) in [6, 6.07) is 0.988. The number of aromatic nitrogens is 2. The third-order valence-electron chi connectivity index (χ3n) is 3.57. The van der Waals surface area contributed by atoms with E-state index in [9.17, 15) is 0 Å². The minimum atomic E-state index is 0.397. The molecular weight excluding hydrogens is 339 g/mol. The molecule has 1 saturated carbocycles. The van der Waals surface area contributed by atoms with Gasteiger partial charge in [0.15, 0.2) is 0 Å². The lowest BCUT2D eigenvalue weighted by Gasteiger charge is -2.37. The van der Waals surface area contributed by atoms with E-state index in [-0.39, 0.29) is 0 Å². The Kier molecular flexibility index (Phi) is 5.17. The molecule has 0 aromatic carbocycles. The number of halogens is 1. The molecule has 0 saturated heterocycles. The first-order chi connectivity index (χ1) is 8.72. The van der Waals surface area contributed by atoms with Crippen molar-refractivity contribution in [1.29, 1.82) is 0 Å². The van der Waals surface area contributed by atoms with Gasteiger partial charge in [0.1, 0.15) is 12.1 Å². The monoisotopic (exact) mass is 360 g/mol. The maximum atomic E-state index is 5.99. The minimum Gasteiger partial charge on any atom is -0.353 e. The molecule has 1 aliphatic rings. The van der Waals surface area contributed by atoms with Gasteiger partial charge in [-0.2, -0.15) is 0 Å². The van der Waals surface area contributed by atoms with Crippen molar-refractivity contribution >= 4 is 28.4 Å². The van der Waals surface area contributed by atoms with Crippen molar-refractivity contribution in [2.24, 2.45) is 5.73 Å². The second kappa shape index (κ2) is 6.65. The number of nitrogens with two attached hydrogens (primary N) is 1. The van der Waals surface area contributed by atoms with Crippen LogP contribution in [0.15, 0.2) is 12.5 Å². The number of nitrogens with zero attached hydrogens (tertiary/aromatic N) is 3. The second-order valence-electron chi connectivity index (χ2n) is 4.96. The molecule has 1 heterocycles. The molecule has 2 rings (SSSR count). The fraction of sp³-hybridized carbons (Fsp3) is 0.692. The van der Waals surface area contributed by atoms with Gasteiger partial charge >= 0.3 is 0 Å². The van der Waals surface area contributed by atoms with E-state index in [0.29, 0.717) is 12.1 Å². The van der Waals surface area contributed by atoms with Crippen LogP contribution in [0.3, 0.4) is 0 Å². The van der Waals surface area contributed by atoms with Gasteiger partial charge in [-0.3, -0.25) is 0 Å². The van der Waals surface area contributed by atoms with Crippen molar-refractivity contribution in [3.63, 3.8) is 0 Å².